The predicted molar refractivity (Wildman–Crippen MR) is 96.1 cm³/mol. The Kier molecular flexibility index (Phi) is 4.69. The zero-order valence-electron chi connectivity index (χ0n) is 14.3. The third kappa shape index (κ3) is 4.02. The third-order valence-corrected chi connectivity index (χ3v) is 4.49. The summed E-state index contributed by atoms with van der Waals surface area (Å²) in [6.45, 7) is 4.86. The molecule has 1 aliphatic rings. The standard InChI is InChI=1S/C16H14F2N4O5S/c1-3-9(5-4-8(2)28(19,24)25)14(23)22-15-20-10-6-12-13(7-11(10)21-15)27-16(17,18)26-12/h3-7H,2H2,1H3,(H2,19,24,25)(H2,20,21,22,23)/b5-4-,9-3?. The Bertz CT molecular complexity index is 1110. The van der Waals surface area contributed by atoms with Crippen LogP contribution in [0.25, 0.3) is 11.0 Å². The molecule has 3 rings (SSSR count). The van der Waals surface area contributed by atoms with E-state index in [9.17, 15) is 22.0 Å². The number of hydrogen-bond donors (Lipinski definition) is 3. The molecule has 0 saturated heterocycles. The molecule has 0 unspecified atom stereocenters. The molecule has 0 saturated carbocycles. The van der Waals surface area contributed by atoms with Crippen LogP contribution in [0.4, 0.5) is 14.7 Å². The number of H-pyrrole nitrogens is 1. The molecule has 0 radical (unpaired) electrons. The molecular weight excluding hydrogens is 398 g/mol. The van der Waals surface area contributed by atoms with Crippen molar-refractivity contribution in [2.45, 2.75) is 13.2 Å². The van der Waals surface area contributed by atoms with Gasteiger partial charge in [0.15, 0.2) is 11.5 Å². The maximum atomic E-state index is 13.1. The van der Waals surface area contributed by atoms with E-state index in [-0.39, 0.29) is 33.4 Å². The van der Waals surface area contributed by atoms with Crippen LogP contribution in [0.5, 0.6) is 11.5 Å². The lowest BCUT2D eigenvalue weighted by molar-refractivity contribution is -0.286. The van der Waals surface area contributed by atoms with Crippen LogP contribution >= 0.6 is 0 Å². The van der Waals surface area contributed by atoms with E-state index in [2.05, 4.69) is 31.3 Å². The SMILES string of the molecule is C=C(/C=C\C(=CC)C(=O)Nc1nc2cc3c(cc2[nH]1)OC(F)(F)O3)S(N)(=O)=O. The van der Waals surface area contributed by atoms with Gasteiger partial charge in [-0.1, -0.05) is 12.7 Å². The van der Waals surface area contributed by atoms with Crippen molar-refractivity contribution in [1.29, 1.82) is 0 Å². The summed E-state index contributed by atoms with van der Waals surface area (Å²) in [7, 11) is -3.96. The molecule has 9 nitrogen and oxygen atoms in total. The van der Waals surface area contributed by atoms with Gasteiger partial charge in [-0.2, -0.15) is 0 Å². The Morgan fingerprint density at radius 1 is 1.32 bits per heavy atom. The van der Waals surface area contributed by atoms with E-state index in [1.165, 1.54) is 24.3 Å². The minimum Gasteiger partial charge on any atom is -0.395 e. The number of aromatic nitrogens is 2. The highest BCUT2D eigenvalue weighted by Crippen LogP contribution is 2.42. The maximum Gasteiger partial charge on any atom is 0.586 e. The summed E-state index contributed by atoms with van der Waals surface area (Å²) in [5.41, 5.74) is 0.699. The number of amides is 1. The van der Waals surface area contributed by atoms with E-state index in [1.54, 1.807) is 6.92 Å². The molecule has 0 atom stereocenters. The van der Waals surface area contributed by atoms with Gasteiger partial charge in [0, 0.05) is 17.7 Å². The van der Waals surface area contributed by atoms with E-state index < -0.39 is 22.2 Å². The van der Waals surface area contributed by atoms with E-state index in [4.69, 9.17) is 5.14 Å². The number of benzene rings is 1. The van der Waals surface area contributed by atoms with Gasteiger partial charge >= 0.3 is 6.29 Å². The number of halogens is 2. The fourth-order valence-electron chi connectivity index (χ4n) is 2.27. The van der Waals surface area contributed by atoms with Crippen molar-refractivity contribution in [2.24, 2.45) is 5.14 Å². The van der Waals surface area contributed by atoms with Crippen LogP contribution in [0.15, 0.2) is 47.4 Å². The van der Waals surface area contributed by atoms with Crippen molar-refractivity contribution in [3.63, 3.8) is 0 Å². The number of alkyl halides is 2. The topological polar surface area (TPSA) is 136 Å². The number of ether oxygens (including phenoxy) is 2. The summed E-state index contributed by atoms with van der Waals surface area (Å²) in [4.78, 5) is 18.8. The minimum absolute atomic E-state index is 0.0356. The van der Waals surface area contributed by atoms with E-state index in [0.717, 1.165) is 6.08 Å². The van der Waals surface area contributed by atoms with Crippen LogP contribution in [0.3, 0.4) is 0 Å². The largest absolute Gasteiger partial charge is 0.586 e. The first kappa shape index (κ1) is 19.5. The first-order valence-electron chi connectivity index (χ1n) is 7.65. The number of aromatic amines is 1. The van der Waals surface area contributed by atoms with E-state index in [0.29, 0.717) is 5.52 Å². The fourth-order valence-corrected chi connectivity index (χ4v) is 2.53. The Hall–Kier alpha value is -3.25. The number of carbonyl (C=O) groups excluding carboxylic acids is 1. The number of rotatable bonds is 5. The van der Waals surface area contributed by atoms with Crippen molar-refractivity contribution < 1.29 is 31.5 Å². The third-order valence-electron chi connectivity index (χ3n) is 3.62. The first-order valence-corrected chi connectivity index (χ1v) is 9.20. The molecule has 2 heterocycles. The van der Waals surface area contributed by atoms with Gasteiger partial charge in [-0.25, -0.2) is 18.5 Å². The van der Waals surface area contributed by atoms with Gasteiger partial charge in [-0.3, -0.25) is 10.1 Å². The molecule has 1 aromatic heterocycles. The maximum absolute atomic E-state index is 13.1. The highest BCUT2D eigenvalue weighted by atomic mass is 32.2. The summed E-state index contributed by atoms with van der Waals surface area (Å²) < 4.78 is 57.1. The van der Waals surface area contributed by atoms with Gasteiger partial charge in [-0.05, 0) is 19.1 Å². The van der Waals surface area contributed by atoms with Gasteiger partial charge < -0.3 is 14.5 Å². The summed E-state index contributed by atoms with van der Waals surface area (Å²) >= 11 is 0. The van der Waals surface area contributed by atoms with Crippen LogP contribution in [-0.4, -0.2) is 30.6 Å². The fraction of sp³-hybridized carbons (Fsp3) is 0.125. The second-order valence-corrected chi connectivity index (χ2v) is 7.23. The van der Waals surface area contributed by atoms with Gasteiger partial charge in [0.05, 0.1) is 15.9 Å². The normalized spacial score (nSPS) is 15.9. The number of anilines is 1. The number of hydrogen-bond acceptors (Lipinski definition) is 6. The average Bonchev–Trinajstić information content (AvgIpc) is 3.08. The van der Waals surface area contributed by atoms with Crippen molar-refractivity contribution in [1.82, 2.24) is 9.97 Å². The van der Waals surface area contributed by atoms with Crippen molar-refractivity contribution in [2.75, 3.05) is 5.32 Å². The van der Waals surface area contributed by atoms with Crippen LogP contribution in [0.2, 0.25) is 0 Å². The Balaban J connectivity index is 1.78. The molecule has 0 aliphatic carbocycles. The Morgan fingerprint density at radius 2 is 1.96 bits per heavy atom. The number of primary sulfonamides is 1. The number of allylic oxidation sites excluding steroid dienone is 2. The number of imidazole rings is 1. The smallest absolute Gasteiger partial charge is 0.395 e. The number of sulfonamides is 1. The summed E-state index contributed by atoms with van der Waals surface area (Å²) in [6, 6.07) is 2.51. The minimum atomic E-state index is -3.96. The lowest BCUT2D eigenvalue weighted by Crippen LogP contribution is -2.25. The van der Waals surface area contributed by atoms with Crippen molar-refractivity contribution in [3.8, 4) is 11.5 Å². The molecule has 0 spiro atoms. The second-order valence-electron chi connectivity index (χ2n) is 5.61. The highest BCUT2D eigenvalue weighted by molar-refractivity contribution is 7.93. The summed E-state index contributed by atoms with van der Waals surface area (Å²) in [5.74, 6) is -0.918. The molecule has 28 heavy (non-hydrogen) atoms. The quantitative estimate of drug-likeness (QED) is 0.508. The van der Waals surface area contributed by atoms with Crippen LogP contribution in [0, 0.1) is 0 Å². The molecular formula is C16H14F2N4O5S. The molecule has 4 N–H and O–H groups in total. The predicted octanol–water partition coefficient (Wildman–Crippen LogP) is 2.13. The van der Waals surface area contributed by atoms with Crippen LogP contribution in [0.1, 0.15) is 6.92 Å². The van der Waals surface area contributed by atoms with E-state index >= 15 is 0 Å². The molecule has 0 bridgehead atoms. The number of nitrogens with zero attached hydrogens (tertiary/aromatic N) is 1. The molecule has 2 aromatic rings. The number of fused-ring (bicyclic) bond motifs is 2. The van der Waals surface area contributed by atoms with Crippen molar-refractivity contribution in [3.05, 3.63) is 47.4 Å². The monoisotopic (exact) mass is 412 g/mol. The molecule has 12 heteroatoms. The second kappa shape index (κ2) is 6.73. The zero-order valence-corrected chi connectivity index (χ0v) is 15.1. The molecule has 148 valence electrons. The summed E-state index contributed by atoms with van der Waals surface area (Å²) in [6.07, 6.45) is 0.000879. The lowest BCUT2D eigenvalue weighted by atomic mass is 10.2. The molecule has 1 aliphatic heterocycles. The zero-order chi connectivity index (χ0) is 20.7. The summed E-state index contributed by atoms with van der Waals surface area (Å²) in [5, 5.41) is 7.40. The van der Waals surface area contributed by atoms with Gasteiger partial charge in [0.25, 0.3) is 5.91 Å². The number of nitrogens with two attached hydrogens (primary N) is 1. The van der Waals surface area contributed by atoms with Crippen molar-refractivity contribution >= 4 is 32.9 Å². The van der Waals surface area contributed by atoms with E-state index in [1.807, 2.05) is 0 Å². The molecule has 1 aromatic carbocycles. The average molecular weight is 412 g/mol. The Labute approximate surface area is 157 Å². The first-order chi connectivity index (χ1) is 13.0. The highest BCUT2D eigenvalue weighted by Gasteiger charge is 2.43. The number of nitrogens with one attached hydrogen (secondary N) is 2. The number of carbonyl (C=O) groups is 1. The lowest BCUT2D eigenvalue weighted by Gasteiger charge is -2.04. The molecule has 1 amide bonds. The van der Waals surface area contributed by atoms with Crippen LogP contribution in [-0.2, 0) is 14.8 Å². The van der Waals surface area contributed by atoms with Gasteiger partial charge in [0.2, 0.25) is 16.0 Å². The Morgan fingerprint density at radius 3 is 2.57 bits per heavy atom. The van der Waals surface area contributed by atoms with Gasteiger partial charge in [0.1, 0.15) is 0 Å². The molecule has 0 fully saturated rings. The van der Waals surface area contributed by atoms with Crippen LogP contribution < -0.4 is 19.9 Å². The van der Waals surface area contributed by atoms with Gasteiger partial charge in [-0.15, -0.1) is 8.78 Å².